The maximum atomic E-state index is 5.61. The molecular formula is C17H23N3O. The Hall–Kier alpha value is -1.65. The molecule has 1 fully saturated rings. The Bertz CT molecular complexity index is 589. The highest BCUT2D eigenvalue weighted by Gasteiger charge is 2.21. The SMILES string of the molecule is Cc1cccc(CN(C)Cc2ccoc2CNC2CC2)n1. The second-order valence-corrected chi connectivity index (χ2v) is 5.97. The molecule has 0 unspecified atom stereocenters. The number of aryl methyl sites for hydroxylation is 1. The van der Waals surface area contributed by atoms with Crippen LogP contribution in [0.2, 0.25) is 0 Å². The van der Waals surface area contributed by atoms with Crippen LogP contribution in [0, 0.1) is 6.92 Å². The van der Waals surface area contributed by atoms with Crippen LogP contribution in [0.5, 0.6) is 0 Å². The Morgan fingerprint density at radius 2 is 2.14 bits per heavy atom. The standard InChI is InChI=1S/C17H23N3O/c1-13-4-3-5-16(19-13)12-20(2)11-14-8-9-21-17(14)10-18-15-6-7-15/h3-5,8-9,15,18H,6-7,10-12H2,1-2H3. The van der Waals surface area contributed by atoms with Crippen LogP contribution in [0.1, 0.15) is 35.6 Å². The molecule has 2 aromatic heterocycles. The van der Waals surface area contributed by atoms with Crippen molar-refractivity contribution in [2.45, 2.75) is 45.4 Å². The van der Waals surface area contributed by atoms with E-state index in [1.54, 1.807) is 6.26 Å². The van der Waals surface area contributed by atoms with Gasteiger partial charge in [-0.2, -0.15) is 0 Å². The van der Waals surface area contributed by atoms with E-state index >= 15 is 0 Å². The van der Waals surface area contributed by atoms with Crippen molar-refractivity contribution in [2.75, 3.05) is 7.05 Å². The van der Waals surface area contributed by atoms with Gasteiger partial charge in [0.05, 0.1) is 18.5 Å². The van der Waals surface area contributed by atoms with Crippen LogP contribution in [-0.2, 0) is 19.6 Å². The molecule has 21 heavy (non-hydrogen) atoms. The van der Waals surface area contributed by atoms with Crippen molar-refractivity contribution >= 4 is 0 Å². The van der Waals surface area contributed by atoms with Crippen molar-refractivity contribution in [3.8, 4) is 0 Å². The van der Waals surface area contributed by atoms with Gasteiger partial charge in [-0.05, 0) is 45.0 Å². The first-order chi connectivity index (χ1) is 10.2. The fourth-order valence-corrected chi connectivity index (χ4v) is 2.50. The molecule has 1 saturated carbocycles. The summed E-state index contributed by atoms with van der Waals surface area (Å²) in [5.41, 5.74) is 3.44. The molecule has 1 aliphatic carbocycles. The first-order valence-electron chi connectivity index (χ1n) is 7.60. The summed E-state index contributed by atoms with van der Waals surface area (Å²) >= 11 is 0. The molecular weight excluding hydrogens is 262 g/mol. The van der Waals surface area contributed by atoms with Gasteiger partial charge >= 0.3 is 0 Å². The Morgan fingerprint density at radius 3 is 2.90 bits per heavy atom. The summed E-state index contributed by atoms with van der Waals surface area (Å²) in [6.45, 7) is 4.60. The monoisotopic (exact) mass is 285 g/mol. The van der Waals surface area contributed by atoms with Crippen LogP contribution in [0.25, 0.3) is 0 Å². The van der Waals surface area contributed by atoms with Crippen LogP contribution < -0.4 is 5.32 Å². The summed E-state index contributed by atoms with van der Waals surface area (Å²) in [6, 6.07) is 8.95. The predicted molar refractivity (Wildman–Crippen MR) is 82.7 cm³/mol. The lowest BCUT2D eigenvalue weighted by molar-refractivity contribution is 0.310. The Kier molecular flexibility index (Phi) is 4.36. The molecule has 0 amide bonds. The molecule has 3 rings (SSSR count). The fourth-order valence-electron chi connectivity index (χ4n) is 2.50. The van der Waals surface area contributed by atoms with Gasteiger partial charge < -0.3 is 9.73 Å². The molecule has 1 aliphatic rings. The molecule has 0 bridgehead atoms. The van der Waals surface area contributed by atoms with Gasteiger partial charge in [0, 0.05) is 30.4 Å². The molecule has 0 aromatic carbocycles. The van der Waals surface area contributed by atoms with Gasteiger partial charge in [0.2, 0.25) is 0 Å². The van der Waals surface area contributed by atoms with E-state index in [2.05, 4.69) is 40.4 Å². The maximum absolute atomic E-state index is 5.61. The maximum Gasteiger partial charge on any atom is 0.122 e. The molecule has 2 heterocycles. The van der Waals surface area contributed by atoms with E-state index in [-0.39, 0.29) is 0 Å². The highest BCUT2D eigenvalue weighted by atomic mass is 16.3. The van der Waals surface area contributed by atoms with E-state index in [1.807, 2.05) is 13.0 Å². The van der Waals surface area contributed by atoms with Crippen molar-refractivity contribution in [2.24, 2.45) is 0 Å². The molecule has 4 heteroatoms. The molecule has 2 aromatic rings. The van der Waals surface area contributed by atoms with Gasteiger partial charge in [-0.3, -0.25) is 9.88 Å². The third kappa shape index (κ3) is 4.16. The molecule has 0 radical (unpaired) electrons. The van der Waals surface area contributed by atoms with E-state index in [9.17, 15) is 0 Å². The van der Waals surface area contributed by atoms with Gasteiger partial charge in [0.15, 0.2) is 0 Å². The summed E-state index contributed by atoms with van der Waals surface area (Å²) in [4.78, 5) is 6.83. The summed E-state index contributed by atoms with van der Waals surface area (Å²) in [5.74, 6) is 1.06. The normalized spacial score (nSPS) is 14.8. The van der Waals surface area contributed by atoms with Crippen molar-refractivity contribution < 1.29 is 4.42 Å². The number of hydrogen-bond acceptors (Lipinski definition) is 4. The quantitative estimate of drug-likeness (QED) is 0.849. The molecule has 0 saturated heterocycles. The lowest BCUT2D eigenvalue weighted by Crippen LogP contribution is -2.20. The minimum absolute atomic E-state index is 0.706. The second-order valence-electron chi connectivity index (χ2n) is 5.97. The number of furan rings is 1. The zero-order valence-corrected chi connectivity index (χ0v) is 12.8. The summed E-state index contributed by atoms with van der Waals surface area (Å²) in [5, 5.41) is 3.51. The molecule has 0 atom stereocenters. The third-order valence-electron chi connectivity index (χ3n) is 3.78. The highest BCUT2D eigenvalue weighted by molar-refractivity contribution is 5.17. The van der Waals surface area contributed by atoms with Gasteiger partial charge in [0.1, 0.15) is 5.76 Å². The Morgan fingerprint density at radius 1 is 1.29 bits per heavy atom. The Labute approximate surface area is 126 Å². The average Bonchev–Trinajstić information content (AvgIpc) is 3.17. The molecule has 0 spiro atoms. The van der Waals surface area contributed by atoms with Crippen molar-refractivity contribution in [3.05, 3.63) is 53.2 Å². The average molecular weight is 285 g/mol. The molecule has 112 valence electrons. The topological polar surface area (TPSA) is 41.3 Å². The first kappa shape index (κ1) is 14.3. The smallest absolute Gasteiger partial charge is 0.122 e. The zero-order chi connectivity index (χ0) is 14.7. The Balaban J connectivity index is 1.56. The van der Waals surface area contributed by atoms with Crippen molar-refractivity contribution in [1.82, 2.24) is 15.2 Å². The second kappa shape index (κ2) is 6.41. The van der Waals surface area contributed by atoms with Crippen LogP contribution >= 0.6 is 0 Å². The number of pyridine rings is 1. The number of nitrogens with one attached hydrogen (secondary N) is 1. The highest BCUT2D eigenvalue weighted by Crippen LogP contribution is 2.21. The van der Waals surface area contributed by atoms with Crippen LogP contribution in [0.3, 0.4) is 0 Å². The van der Waals surface area contributed by atoms with E-state index in [4.69, 9.17) is 4.42 Å². The van der Waals surface area contributed by atoms with E-state index < -0.39 is 0 Å². The van der Waals surface area contributed by atoms with E-state index in [0.717, 1.165) is 36.8 Å². The molecule has 0 aliphatic heterocycles. The molecule has 4 nitrogen and oxygen atoms in total. The minimum Gasteiger partial charge on any atom is -0.468 e. The lowest BCUT2D eigenvalue weighted by atomic mass is 10.2. The largest absolute Gasteiger partial charge is 0.468 e. The summed E-state index contributed by atoms with van der Waals surface area (Å²) in [7, 11) is 2.12. The van der Waals surface area contributed by atoms with E-state index in [0.29, 0.717) is 6.04 Å². The van der Waals surface area contributed by atoms with Crippen LogP contribution in [0.15, 0.2) is 34.9 Å². The van der Waals surface area contributed by atoms with Gasteiger partial charge in [-0.15, -0.1) is 0 Å². The minimum atomic E-state index is 0.706. The van der Waals surface area contributed by atoms with E-state index in [1.165, 1.54) is 18.4 Å². The first-order valence-corrected chi connectivity index (χ1v) is 7.60. The number of rotatable bonds is 7. The lowest BCUT2D eigenvalue weighted by Gasteiger charge is -2.16. The van der Waals surface area contributed by atoms with Crippen molar-refractivity contribution in [1.29, 1.82) is 0 Å². The predicted octanol–water partition coefficient (Wildman–Crippen LogP) is 2.87. The number of hydrogen-bond donors (Lipinski definition) is 1. The molecule has 1 N–H and O–H groups in total. The van der Waals surface area contributed by atoms with Crippen LogP contribution in [-0.4, -0.2) is 23.0 Å². The summed E-state index contributed by atoms with van der Waals surface area (Å²) < 4.78 is 5.61. The van der Waals surface area contributed by atoms with Gasteiger partial charge in [0.25, 0.3) is 0 Å². The summed E-state index contributed by atoms with van der Waals surface area (Å²) in [6.07, 6.45) is 4.39. The van der Waals surface area contributed by atoms with Crippen molar-refractivity contribution in [3.63, 3.8) is 0 Å². The van der Waals surface area contributed by atoms with Gasteiger partial charge in [-0.1, -0.05) is 6.07 Å². The van der Waals surface area contributed by atoms with Crippen LogP contribution in [0.4, 0.5) is 0 Å². The van der Waals surface area contributed by atoms with Gasteiger partial charge in [-0.25, -0.2) is 0 Å². The number of aromatic nitrogens is 1. The zero-order valence-electron chi connectivity index (χ0n) is 12.8. The fraction of sp³-hybridized carbons (Fsp3) is 0.471. The number of nitrogens with zero attached hydrogens (tertiary/aromatic N) is 2. The third-order valence-corrected chi connectivity index (χ3v) is 3.78.